The first kappa shape index (κ1) is 21.3. The summed E-state index contributed by atoms with van der Waals surface area (Å²) in [5.74, 6) is 0.0462. The molecule has 1 heterocycles. The second-order valence-electron chi connectivity index (χ2n) is 7.06. The molecule has 0 aliphatic rings. The number of esters is 1. The highest BCUT2D eigenvalue weighted by Gasteiger charge is 2.13. The Morgan fingerprint density at radius 1 is 0.967 bits per heavy atom. The van der Waals surface area contributed by atoms with Crippen LogP contribution in [0.4, 0.5) is 0 Å². The minimum atomic E-state index is -0.500. The van der Waals surface area contributed by atoms with Crippen molar-refractivity contribution in [1.82, 2.24) is 0 Å². The van der Waals surface area contributed by atoms with E-state index in [9.17, 15) is 14.4 Å². The van der Waals surface area contributed by atoms with Crippen molar-refractivity contribution < 1.29 is 23.5 Å². The Balaban J connectivity index is 1.60. The highest BCUT2D eigenvalue weighted by Crippen LogP contribution is 2.22. The lowest BCUT2D eigenvalue weighted by molar-refractivity contribution is -0.144. The molecule has 0 aliphatic heterocycles. The summed E-state index contributed by atoms with van der Waals surface area (Å²) < 4.78 is 15.9. The van der Waals surface area contributed by atoms with Crippen molar-refractivity contribution >= 4 is 22.7 Å². The molecule has 3 rings (SSSR count). The third kappa shape index (κ3) is 5.14. The van der Waals surface area contributed by atoms with Crippen molar-refractivity contribution in [3.63, 3.8) is 0 Å². The van der Waals surface area contributed by atoms with E-state index in [1.165, 1.54) is 6.07 Å². The second kappa shape index (κ2) is 9.39. The molecular formula is C24H24O6. The molecule has 0 spiro atoms. The van der Waals surface area contributed by atoms with Gasteiger partial charge in [-0.3, -0.25) is 9.59 Å². The van der Waals surface area contributed by atoms with Crippen LogP contribution >= 0.6 is 0 Å². The molecule has 30 heavy (non-hydrogen) atoms. The summed E-state index contributed by atoms with van der Waals surface area (Å²) in [7, 11) is 0. The number of aryl methyl sites for hydroxylation is 2. The van der Waals surface area contributed by atoms with Gasteiger partial charge in [-0.25, -0.2) is 4.79 Å². The highest BCUT2D eigenvalue weighted by atomic mass is 16.5. The fraction of sp³-hybridized carbons (Fsp3) is 0.292. The molecule has 156 valence electrons. The zero-order valence-corrected chi connectivity index (χ0v) is 17.3. The second-order valence-corrected chi connectivity index (χ2v) is 7.06. The van der Waals surface area contributed by atoms with Crippen molar-refractivity contribution in [3.8, 4) is 5.75 Å². The van der Waals surface area contributed by atoms with Crippen LogP contribution in [0.1, 0.15) is 46.8 Å². The Labute approximate surface area is 174 Å². The largest absolute Gasteiger partial charge is 0.494 e. The molecular weight excluding hydrogens is 384 g/mol. The summed E-state index contributed by atoms with van der Waals surface area (Å²) in [6, 6.07) is 11.8. The molecule has 1 aromatic heterocycles. The Morgan fingerprint density at radius 3 is 2.37 bits per heavy atom. The molecule has 3 aromatic rings. The van der Waals surface area contributed by atoms with Gasteiger partial charge in [-0.05, 0) is 68.3 Å². The smallest absolute Gasteiger partial charge is 0.336 e. The van der Waals surface area contributed by atoms with E-state index in [2.05, 4.69) is 0 Å². The van der Waals surface area contributed by atoms with Crippen molar-refractivity contribution in [1.29, 1.82) is 0 Å². The molecule has 0 N–H and O–H groups in total. The topological polar surface area (TPSA) is 82.8 Å². The van der Waals surface area contributed by atoms with E-state index in [1.54, 1.807) is 30.3 Å². The summed E-state index contributed by atoms with van der Waals surface area (Å²) in [5, 5.41) is 0.732. The van der Waals surface area contributed by atoms with Gasteiger partial charge >= 0.3 is 11.6 Å². The molecule has 0 atom stereocenters. The van der Waals surface area contributed by atoms with Gasteiger partial charge in [-0.2, -0.15) is 0 Å². The molecule has 0 amide bonds. The molecule has 0 unspecified atom stereocenters. The van der Waals surface area contributed by atoms with Crippen LogP contribution in [0, 0.1) is 13.8 Å². The molecule has 2 aromatic carbocycles. The maximum atomic E-state index is 12.3. The summed E-state index contributed by atoms with van der Waals surface area (Å²) in [6.07, 6.45) is 0.00630. The number of ether oxygens (including phenoxy) is 2. The summed E-state index contributed by atoms with van der Waals surface area (Å²) in [6.45, 7) is 6.28. The van der Waals surface area contributed by atoms with Gasteiger partial charge in [0.25, 0.3) is 0 Å². The number of carbonyl (C=O) groups excluding carboxylic acids is 2. The highest BCUT2D eigenvalue weighted by molar-refractivity contribution is 5.97. The van der Waals surface area contributed by atoms with Crippen molar-refractivity contribution in [2.45, 2.75) is 40.2 Å². The lowest BCUT2D eigenvalue weighted by Crippen LogP contribution is -2.10. The third-order valence-corrected chi connectivity index (χ3v) is 4.88. The standard InChI is InChI=1S/C24H24O6/c1-4-28-19-7-5-17(6-8-19)21(25)9-10-23(26)29-14-18-13-24(27)30-22-12-16(3)15(2)11-20(18)22/h5-8,11-13H,4,9-10,14H2,1-3H3. The SMILES string of the molecule is CCOc1ccc(C(=O)CCC(=O)OCc2cc(=O)oc3cc(C)c(C)cc23)cc1. The summed E-state index contributed by atoms with van der Waals surface area (Å²) in [5.41, 5.74) is 3.11. The van der Waals surface area contributed by atoms with Crippen molar-refractivity contribution in [2.75, 3.05) is 6.61 Å². The van der Waals surface area contributed by atoms with Crippen LogP contribution in [0.25, 0.3) is 11.0 Å². The first-order chi connectivity index (χ1) is 14.4. The average molecular weight is 408 g/mol. The number of hydrogen-bond acceptors (Lipinski definition) is 6. The maximum Gasteiger partial charge on any atom is 0.336 e. The zero-order valence-electron chi connectivity index (χ0n) is 17.3. The Bertz CT molecular complexity index is 1120. The molecule has 6 nitrogen and oxygen atoms in total. The van der Waals surface area contributed by atoms with Crippen LogP contribution in [-0.4, -0.2) is 18.4 Å². The first-order valence-electron chi connectivity index (χ1n) is 9.83. The van der Waals surface area contributed by atoms with E-state index in [0.29, 0.717) is 29.1 Å². The zero-order chi connectivity index (χ0) is 21.7. The van der Waals surface area contributed by atoms with E-state index in [-0.39, 0.29) is 25.2 Å². The monoisotopic (exact) mass is 408 g/mol. The van der Waals surface area contributed by atoms with Gasteiger partial charge in [0.15, 0.2) is 5.78 Å². The van der Waals surface area contributed by atoms with Crippen LogP contribution in [0.5, 0.6) is 5.75 Å². The lowest BCUT2D eigenvalue weighted by atomic mass is 10.0. The fourth-order valence-corrected chi connectivity index (χ4v) is 3.10. The van der Waals surface area contributed by atoms with Gasteiger partial charge in [0.05, 0.1) is 13.0 Å². The van der Waals surface area contributed by atoms with Gasteiger partial charge in [0, 0.05) is 29.0 Å². The minimum absolute atomic E-state index is 0.0381. The van der Waals surface area contributed by atoms with E-state index in [0.717, 1.165) is 16.5 Å². The number of carbonyl (C=O) groups is 2. The van der Waals surface area contributed by atoms with Crippen LogP contribution in [-0.2, 0) is 16.1 Å². The van der Waals surface area contributed by atoms with Gasteiger partial charge in [0.1, 0.15) is 17.9 Å². The van der Waals surface area contributed by atoms with Gasteiger partial charge in [-0.15, -0.1) is 0 Å². The number of ketones is 1. The van der Waals surface area contributed by atoms with Crippen LogP contribution in [0.3, 0.4) is 0 Å². The van der Waals surface area contributed by atoms with Crippen molar-refractivity contribution in [3.05, 3.63) is 75.1 Å². The first-order valence-corrected chi connectivity index (χ1v) is 9.83. The molecule has 0 saturated heterocycles. The normalized spacial score (nSPS) is 10.8. The molecule has 6 heteroatoms. The predicted octanol–water partition coefficient (Wildman–Crippen LogP) is 4.51. The minimum Gasteiger partial charge on any atom is -0.494 e. The Hall–Kier alpha value is -3.41. The number of Topliss-reactive ketones (excluding diaryl/α,β-unsaturated/α-hetero) is 1. The van der Waals surface area contributed by atoms with Crippen LogP contribution < -0.4 is 10.4 Å². The number of rotatable bonds is 8. The Kier molecular flexibility index (Phi) is 6.67. The third-order valence-electron chi connectivity index (χ3n) is 4.88. The van der Waals surface area contributed by atoms with E-state index in [1.807, 2.05) is 26.8 Å². The average Bonchev–Trinajstić information content (AvgIpc) is 2.72. The van der Waals surface area contributed by atoms with E-state index < -0.39 is 11.6 Å². The van der Waals surface area contributed by atoms with E-state index in [4.69, 9.17) is 13.9 Å². The Morgan fingerprint density at radius 2 is 1.67 bits per heavy atom. The van der Waals surface area contributed by atoms with Gasteiger partial charge in [0.2, 0.25) is 0 Å². The molecule has 0 radical (unpaired) electrons. The van der Waals surface area contributed by atoms with E-state index >= 15 is 0 Å². The molecule has 0 aliphatic carbocycles. The number of benzene rings is 2. The lowest BCUT2D eigenvalue weighted by Gasteiger charge is -2.09. The quantitative estimate of drug-likeness (QED) is 0.310. The number of fused-ring (bicyclic) bond motifs is 1. The molecule has 0 saturated carbocycles. The van der Waals surface area contributed by atoms with Gasteiger partial charge < -0.3 is 13.9 Å². The maximum absolute atomic E-state index is 12.3. The molecule has 0 bridgehead atoms. The van der Waals surface area contributed by atoms with Crippen LogP contribution in [0.2, 0.25) is 0 Å². The fourth-order valence-electron chi connectivity index (χ4n) is 3.10. The predicted molar refractivity (Wildman–Crippen MR) is 113 cm³/mol. The summed E-state index contributed by atoms with van der Waals surface area (Å²) >= 11 is 0. The van der Waals surface area contributed by atoms with Gasteiger partial charge in [-0.1, -0.05) is 0 Å². The van der Waals surface area contributed by atoms with Crippen molar-refractivity contribution in [2.24, 2.45) is 0 Å². The van der Waals surface area contributed by atoms with Crippen LogP contribution in [0.15, 0.2) is 51.7 Å². The number of hydrogen-bond donors (Lipinski definition) is 0. The molecule has 0 fully saturated rings. The summed E-state index contributed by atoms with van der Waals surface area (Å²) in [4.78, 5) is 36.2.